The van der Waals surface area contributed by atoms with Gasteiger partial charge >= 0.3 is 17.9 Å². The highest BCUT2D eigenvalue weighted by Crippen LogP contribution is 2.16. The summed E-state index contributed by atoms with van der Waals surface area (Å²) in [7, 11) is 0. The Kier molecular flexibility index (Phi) is 49.3. The zero-order valence-electron chi connectivity index (χ0n) is 41.4. The second-order valence-electron chi connectivity index (χ2n) is 18.1. The van der Waals surface area contributed by atoms with E-state index in [0.29, 0.717) is 19.3 Å². The van der Waals surface area contributed by atoms with Gasteiger partial charge in [0.25, 0.3) is 0 Å². The van der Waals surface area contributed by atoms with Crippen molar-refractivity contribution in [1.29, 1.82) is 0 Å². The quantitative estimate of drug-likeness (QED) is 0.0262. The summed E-state index contributed by atoms with van der Waals surface area (Å²) in [4.78, 5) is 38.0. The summed E-state index contributed by atoms with van der Waals surface area (Å²) in [6.45, 7) is 6.58. The van der Waals surface area contributed by atoms with Crippen LogP contribution in [0.5, 0.6) is 0 Å². The van der Waals surface area contributed by atoms with Gasteiger partial charge < -0.3 is 14.2 Å². The maximum Gasteiger partial charge on any atom is 0.306 e. The summed E-state index contributed by atoms with van der Waals surface area (Å²) in [5, 5.41) is 0. The van der Waals surface area contributed by atoms with Gasteiger partial charge in [-0.2, -0.15) is 0 Å². The Morgan fingerprint density at radius 3 is 0.968 bits per heavy atom. The summed E-state index contributed by atoms with van der Waals surface area (Å²) in [5.41, 5.74) is 0. The molecule has 1 atom stereocenters. The third-order valence-electron chi connectivity index (χ3n) is 11.8. The minimum absolute atomic E-state index is 0.0768. The fourth-order valence-corrected chi connectivity index (χ4v) is 7.77. The molecule has 0 spiro atoms. The Hall–Kier alpha value is -2.37. The lowest BCUT2D eigenvalue weighted by molar-refractivity contribution is -0.167. The minimum Gasteiger partial charge on any atom is -0.462 e. The molecule has 1 unspecified atom stereocenters. The molecule has 6 nitrogen and oxygen atoms in total. The summed E-state index contributed by atoms with van der Waals surface area (Å²) >= 11 is 0. The molecule has 0 fully saturated rings. The molecule has 0 heterocycles. The molecule has 0 aliphatic rings. The monoisotopic (exact) mass is 871 g/mol. The van der Waals surface area contributed by atoms with E-state index in [1.165, 1.54) is 154 Å². The molecule has 0 aromatic heterocycles. The number of carbonyl (C=O) groups is 3. The largest absolute Gasteiger partial charge is 0.462 e. The standard InChI is InChI=1S/C56H102O6/c1-4-7-10-13-16-19-22-25-27-29-31-34-37-40-43-46-49-55(58)61-52-53(51-60-54(57)48-45-42-39-36-33-30-24-21-18-15-12-9-6-3)62-56(59)50-47-44-41-38-35-32-28-26-23-20-17-14-11-8-5-2/h12,15,21,24,26,28,53H,4-11,13-14,16-20,22-23,25,27,29-52H2,1-3H3/b15-12-,24-21-,28-26-. The number of esters is 3. The molecule has 0 radical (unpaired) electrons. The maximum absolute atomic E-state index is 12.8. The van der Waals surface area contributed by atoms with Crippen molar-refractivity contribution in [1.82, 2.24) is 0 Å². The van der Waals surface area contributed by atoms with Crippen LogP contribution in [0.1, 0.15) is 284 Å². The molecular formula is C56H102O6. The van der Waals surface area contributed by atoms with Gasteiger partial charge in [0.05, 0.1) is 0 Å². The summed E-state index contributed by atoms with van der Waals surface area (Å²) < 4.78 is 16.8. The van der Waals surface area contributed by atoms with Crippen LogP contribution < -0.4 is 0 Å². The average Bonchev–Trinajstić information content (AvgIpc) is 3.27. The van der Waals surface area contributed by atoms with E-state index in [2.05, 4.69) is 57.2 Å². The Labute approximate surface area is 385 Å². The lowest BCUT2D eigenvalue weighted by atomic mass is 10.0. The molecule has 0 aromatic rings. The Bertz CT molecular complexity index is 1050. The van der Waals surface area contributed by atoms with E-state index in [9.17, 15) is 14.4 Å². The highest BCUT2D eigenvalue weighted by molar-refractivity contribution is 5.71. The number of hydrogen-bond donors (Lipinski definition) is 0. The van der Waals surface area contributed by atoms with Gasteiger partial charge in [0.15, 0.2) is 6.10 Å². The first-order valence-electron chi connectivity index (χ1n) is 27.0. The molecule has 0 rings (SSSR count). The maximum atomic E-state index is 12.8. The SMILES string of the molecule is CCC/C=C\C/C=C\CCCCCCCC(=O)OCC(COC(=O)CCCCCCCCCCCCCCCCCC)OC(=O)CCCCCCC/C=C\CCCCCCCC. The van der Waals surface area contributed by atoms with Crippen LogP contribution in [0.3, 0.4) is 0 Å². The zero-order chi connectivity index (χ0) is 45.1. The highest BCUT2D eigenvalue weighted by Gasteiger charge is 2.19. The van der Waals surface area contributed by atoms with E-state index in [1.54, 1.807) is 0 Å². The number of hydrogen-bond acceptors (Lipinski definition) is 6. The lowest BCUT2D eigenvalue weighted by Gasteiger charge is -2.18. The van der Waals surface area contributed by atoms with E-state index in [1.807, 2.05) is 0 Å². The summed E-state index contributed by atoms with van der Waals surface area (Å²) in [5.74, 6) is -0.888. The number of rotatable bonds is 49. The van der Waals surface area contributed by atoms with Crippen LogP contribution in [0.15, 0.2) is 36.5 Å². The number of carbonyl (C=O) groups excluding carboxylic acids is 3. The molecule has 0 aromatic carbocycles. The Morgan fingerprint density at radius 1 is 0.323 bits per heavy atom. The van der Waals surface area contributed by atoms with E-state index in [-0.39, 0.29) is 31.1 Å². The van der Waals surface area contributed by atoms with Crippen molar-refractivity contribution in [2.24, 2.45) is 0 Å². The normalized spacial score (nSPS) is 12.2. The molecule has 0 aliphatic carbocycles. The summed E-state index contributed by atoms with van der Waals surface area (Å²) in [6.07, 6.45) is 59.8. The fourth-order valence-electron chi connectivity index (χ4n) is 7.77. The molecule has 0 saturated carbocycles. The van der Waals surface area contributed by atoms with E-state index in [0.717, 1.165) is 89.9 Å². The molecule has 0 saturated heterocycles. The molecule has 0 aliphatic heterocycles. The third kappa shape index (κ3) is 48.7. The van der Waals surface area contributed by atoms with Crippen molar-refractivity contribution in [2.45, 2.75) is 290 Å². The van der Waals surface area contributed by atoms with Crippen LogP contribution in [-0.4, -0.2) is 37.2 Å². The number of unbranched alkanes of at least 4 members (excludes halogenated alkanes) is 32. The first kappa shape index (κ1) is 59.6. The lowest BCUT2D eigenvalue weighted by Crippen LogP contribution is -2.30. The van der Waals surface area contributed by atoms with Crippen molar-refractivity contribution in [3.63, 3.8) is 0 Å². The molecule has 0 amide bonds. The van der Waals surface area contributed by atoms with Gasteiger partial charge in [-0.3, -0.25) is 14.4 Å². The first-order valence-corrected chi connectivity index (χ1v) is 27.0. The van der Waals surface area contributed by atoms with Crippen LogP contribution in [0.25, 0.3) is 0 Å². The summed E-state index contributed by atoms with van der Waals surface area (Å²) in [6, 6.07) is 0. The van der Waals surface area contributed by atoms with Gasteiger partial charge in [-0.05, 0) is 70.6 Å². The molecular weight excluding hydrogens is 769 g/mol. The van der Waals surface area contributed by atoms with Crippen molar-refractivity contribution in [3.8, 4) is 0 Å². The van der Waals surface area contributed by atoms with Crippen LogP contribution in [0.2, 0.25) is 0 Å². The molecule has 0 bridgehead atoms. The molecule has 6 heteroatoms. The molecule has 362 valence electrons. The Balaban J connectivity index is 4.36. The van der Waals surface area contributed by atoms with Gasteiger partial charge in [0.2, 0.25) is 0 Å². The van der Waals surface area contributed by atoms with E-state index >= 15 is 0 Å². The number of allylic oxidation sites excluding steroid dienone is 6. The predicted molar refractivity (Wildman–Crippen MR) is 266 cm³/mol. The van der Waals surface area contributed by atoms with Gasteiger partial charge in [-0.25, -0.2) is 0 Å². The third-order valence-corrected chi connectivity index (χ3v) is 11.8. The fraction of sp³-hybridized carbons (Fsp3) is 0.839. The van der Waals surface area contributed by atoms with Gasteiger partial charge in [0.1, 0.15) is 13.2 Å². The van der Waals surface area contributed by atoms with E-state index in [4.69, 9.17) is 14.2 Å². The zero-order valence-corrected chi connectivity index (χ0v) is 41.4. The van der Waals surface area contributed by atoms with Crippen LogP contribution in [0.4, 0.5) is 0 Å². The predicted octanol–water partition coefficient (Wildman–Crippen LogP) is 17.7. The Morgan fingerprint density at radius 2 is 0.613 bits per heavy atom. The second kappa shape index (κ2) is 51.3. The van der Waals surface area contributed by atoms with Crippen LogP contribution >= 0.6 is 0 Å². The van der Waals surface area contributed by atoms with Crippen molar-refractivity contribution >= 4 is 17.9 Å². The number of ether oxygens (including phenoxy) is 3. The van der Waals surface area contributed by atoms with Gasteiger partial charge in [0, 0.05) is 19.3 Å². The molecule has 0 N–H and O–H groups in total. The first-order chi connectivity index (χ1) is 30.5. The minimum atomic E-state index is -0.778. The molecule has 62 heavy (non-hydrogen) atoms. The average molecular weight is 871 g/mol. The van der Waals surface area contributed by atoms with Gasteiger partial charge in [-0.15, -0.1) is 0 Å². The second-order valence-corrected chi connectivity index (χ2v) is 18.1. The smallest absolute Gasteiger partial charge is 0.306 e. The van der Waals surface area contributed by atoms with E-state index < -0.39 is 6.10 Å². The van der Waals surface area contributed by atoms with Crippen LogP contribution in [0, 0.1) is 0 Å². The topological polar surface area (TPSA) is 78.9 Å². The van der Waals surface area contributed by atoms with Crippen LogP contribution in [-0.2, 0) is 28.6 Å². The van der Waals surface area contributed by atoms with Gasteiger partial charge in [-0.1, -0.05) is 231 Å². The van der Waals surface area contributed by atoms with Crippen molar-refractivity contribution in [2.75, 3.05) is 13.2 Å². The van der Waals surface area contributed by atoms with Crippen molar-refractivity contribution < 1.29 is 28.6 Å². The van der Waals surface area contributed by atoms with Crippen molar-refractivity contribution in [3.05, 3.63) is 36.5 Å². The highest BCUT2D eigenvalue weighted by atomic mass is 16.6.